The third kappa shape index (κ3) is 4.55. The number of carboxylic acids is 1. The van der Waals surface area contributed by atoms with Crippen molar-refractivity contribution in [3.8, 4) is 0 Å². The van der Waals surface area contributed by atoms with Crippen LogP contribution in [-0.4, -0.2) is 23.0 Å². The summed E-state index contributed by atoms with van der Waals surface area (Å²) in [6.45, 7) is 1.86. The standard InChI is InChI=1S/C13H18N2O3/c1-9(10-5-3-2-4-6-10)15-13(18)11(14)7-8-12(16)17/h2-6,9,11H,7-8,14H2,1H3,(H,15,18)(H,16,17). The van der Waals surface area contributed by atoms with E-state index in [0.717, 1.165) is 5.56 Å². The molecule has 2 unspecified atom stereocenters. The van der Waals surface area contributed by atoms with E-state index >= 15 is 0 Å². The number of carbonyl (C=O) groups excluding carboxylic acids is 1. The Morgan fingerprint density at radius 3 is 2.50 bits per heavy atom. The Kier molecular flexibility index (Phi) is 5.32. The lowest BCUT2D eigenvalue weighted by Crippen LogP contribution is -2.41. The van der Waals surface area contributed by atoms with Crippen molar-refractivity contribution in [1.82, 2.24) is 5.32 Å². The summed E-state index contributed by atoms with van der Waals surface area (Å²) in [7, 11) is 0. The molecule has 0 fully saturated rings. The number of nitrogens with two attached hydrogens (primary N) is 1. The van der Waals surface area contributed by atoms with Gasteiger partial charge >= 0.3 is 5.97 Å². The second-order valence-electron chi connectivity index (χ2n) is 4.18. The van der Waals surface area contributed by atoms with Gasteiger partial charge in [-0.3, -0.25) is 9.59 Å². The number of rotatable bonds is 6. The van der Waals surface area contributed by atoms with Gasteiger partial charge in [0.2, 0.25) is 5.91 Å². The van der Waals surface area contributed by atoms with Crippen LogP contribution in [0.3, 0.4) is 0 Å². The summed E-state index contributed by atoms with van der Waals surface area (Å²) in [5.74, 6) is -1.28. The van der Waals surface area contributed by atoms with Crippen LogP contribution in [0.2, 0.25) is 0 Å². The van der Waals surface area contributed by atoms with Gasteiger partial charge in [-0.1, -0.05) is 30.3 Å². The van der Waals surface area contributed by atoms with Crippen LogP contribution in [0.25, 0.3) is 0 Å². The maximum absolute atomic E-state index is 11.7. The number of nitrogens with one attached hydrogen (secondary N) is 1. The van der Waals surface area contributed by atoms with E-state index in [0.29, 0.717) is 0 Å². The van der Waals surface area contributed by atoms with E-state index in [1.807, 2.05) is 37.3 Å². The first kappa shape index (κ1) is 14.2. The van der Waals surface area contributed by atoms with E-state index in [-0.39, 0.29) is 24.8 Å². The molecule has 18 heavy (non-hydrogen) atoms. The molecule has 0 spiro atoms. The van der Waals surface area contributed by atoms with Crippen molar-refractivity contribution in [1.29, 1.82) is 0 Å². The minimum atomic E-state index is -0.950. The SMILES string of the molecule is CC(NC(=O)C(N)CCC(=O)O)c1ccccc1. The number of benzene rings is 1. The van der Waals surface area contributed by atoms with Gasteiger partial charge in [0.25, 0.3) is 0 Å². The van der Waals surface area contributed by atoms with Crippen LogP contribution >= 0.6 is 0 Å². The molecule has 1 aromatic rings. The van der Waals surface area contributed by atoms with Crippen molar-refractivity contribution in [2.45, 2.75) is 31.8 Å². The van der Waals surface area contributed by atoms with Crippen molar-refractivity contribution < 1.29 is 14.7 Å². The van der Waals surface area contributed by atoms with Crippen LogP contribution in [0, 0.1) is 0 Å². The average molecular weight is 250 g/mol. The Labute approximate surface area is 106 Å². The smallest absolute Gasteiger partial charge is 0.303 e. The molecule has 0 aliphatic heterocycles. The highest BCUT2D eigenvalue weighted by molar-refractivity contribution is 5.82. The molecule has 1 rings (SSSR count). The minimum Gasteiger partial charge on any atom is -0.481 e. The van der Waals surface area contributed by atoms with E-state index in [1.54, 1.807) is 0 Å². The molecule has 4 N–H and O–H groups in total. The third-order valence-corrected chi connectivity index (χ3v) is 2.66. The van der Waals surface area contributed by atoms with Crippen LogP contribution < -0.4 is 11.1 Å². The minimum absolute atomic E-state index is 0.103. The van der Waals surface area contributed by atoms with Crippen molar-refractivity contribution in [3.63, 3.8) is 0 Å². The van der Waals surface area contributed by atoms with Gasteiger partial charge < -0.3 is 16.2 Å². The van der Waals surface area contributed by atoms with E-state index in [1.165, 1.54) is 0 Å². The van der Waals surface area contributed by atoms with Crippen molar-refractivity contribution in [2.24, 2.45) is 5.73 Å². The first-order chi connectivity index (χ1) is 8.50. The lowest BCUT2D eigenvalue weighted by atomic mass is 10.1. The molecule has 0 aliphatic rings. The van der Waals surface area contributed by atoms with Gasteiger partial charge in [-0.05, 0) is 18.9 Å². The fourth-order valence-corrected chi connectivity index (χ4v) is 1.56. The Hall–Kier alpha value is -1.88. The Bertz CT molecular complexity index is 406. The fourth-order valence-electron chi connectivity index (χ4n) is 1.56. The van der Waals surface area contributed by atoms with E-state index in [4.69, 9.17) is 10.8 Å². The topological polar surface area (TPSA) is 92.4 Å². The van der Waals surface area contributed by atoms with E-state index in [2.05, 4.69) is 5.32 Å². The largest absolute Gasteiger partial charge is 0.481 e. The maximum Gasteiger partial charge on any atom is 0.303 e. The molecule has 98 valence electrons. The fraction of sp³-hybridized carbons (Fsp3) is 0.385. The average Bonchev–Trinajstić information content (AvgIpc) is 2.36. The number of carboxylic acid groups (broad SMARTS) is 1. The zero-order valence-corrected chi connectivity index (χ0v) is 10.3. The maximum atomic E-state index is 11.7. The van der Waals surface area contributed by atoms with Gasteiger partial charge in [-0.25, -0.2) is 0 Å². The molecule has 0 aliphatic carbocycles. The van der Waals surface area contributed by atoms with Crippen LogP contribution in [-0.2, 0) is 9.59 Å². The van der Waals surface area contributed by atoms with Crippen LogP contribution in [0.15, 0.2) is 30.3 Å². The summed E-state index contributed by atoms with van der Waals surface area (Å²) in [5, 5.41) is 11.3. The first-order valence-corrected chi connectivity index (χ1v) is 5.83. The van der Waals surface area contributed by atoms with Gasteiger partial charge in [0.05, 0.1) is 12.1 Å². The molecule has 0 bridgehead atoms. The summed E-state index contributed by atoms with van der Waals surface area (Å²) >= 11 is 0. The van der Waals surface area contributed by atoms with E-state index in [9.17, 15) is 9.59 Å². The lowest BCUT2D eigenvalue weighted by Gasteiger charge is -2.17. The molecular weight excluding hydrogens is 232 g/mol. The summed E-state index contributed by atoms with van der Waals surface area (Å²) in [5.41, 5.74) is 6.60. The lowest BCUT2D eigenvalue weighted by molar-refractivity contribution is -0.137. The number of hydrogen-bond acceptors (Lipinski definition) is 3. The highest BCUT2D eigenvalue weighted by Crippen LogP contribution is 2.11. The van der Waals surface area contributed by atoms with Crippen LogP contribution in [0.1, 0.15) is 31.4 Å². The van der Waals surface area contributed by atoms with Crippen LogP contribution in [0.5, 0.6) is 0 Å². The molecular formula is C13H18N2O3. The summed E-state index contributed by atoms with van der Waals surface area (Å²) in [6, 6.07) is 8.57. The zero-order valence-electron chi connectivity index (χ0n) is 10.3. The third-order valence-electron chi connectivity index (χ3n) is 2.66. The van der Waals surface area contributed by atoms with Crippen LogP contribution in [0.4, 0.5) is 0 Å². The van der Waals surface area contributed by atoms with Gasteiger partial charge in [0.1, 0.15) is 0 Å². The highest BCUT2D eigenvalue weighted by Gasteiger charge is 2.17. The molecule has 0 saturated carbocycles. The van der Waals surface area contributed by atoms with Crippen molar-refractivity contribution >= 4 is 11.9 Å². The molecule has 0 heterocycles. The number of hydrogen-bond donors (Lipinski definition) is 3. The molecule has 1 amide bonds. The predicted molar refractivity (Wildman–Crippen MR) is 67.8 cm³/mol. The monoisotopic (exact) mass is 250 g/mol. The Morgan fingerprint density at radius 1 is 1.33 bits per heavy atom. The normalized spacial score (nSPS) is 13.7. The second-order valence-corrected chi connectivity index (χ2v) is 4.18. The molecule has 0 saturated heterocycles. The first-order valence-electron chi connectivity index (χ1n) is 5.83. The number of amides is 1. The summed E-state index contributed by atoms with van der Waals surface area (Å²) < 4.78 is 0. The highest BCUT2D eigenvalue weighted by atomic mass is 16.4. The van der Waals surface area contributed by atoms with Crippen molar-refractivity contribution in [2.75, 3.05) is 0 Å². The number of carbonyl (C=O) groups is 2. The van der Waals surface area contributed by atoms with E-state index < -0.39 is 12.0 Å². The summed E-state index contributed by atoms with van der Waals surface area (Å²) in [4.78, 5) is 22.1. The summed E-state index contributed by atoms with van der Waals surface area (Å²) in [6.07, 6.45) is 0.0387. The zero-order chi connectivity index (χ0) is 13.5. The Morgan fingerprint density at radius 2 is 1.94 bits per heavy atom. The molecule has 0 radical (unpaired) electrons. The number of aliphatic carboxylic acids is 1. The van der Waals surface area contributed by atoms with Gasteiger partial charge in [0.15, 0.2) is 0 Å². The molecule has 2 atom stereocenters. The van der Waals surface area contributed by atoms with Gasteiger partial charge in [0, 0.05) is 6.42 Å². The van der Waals surface area contributed by atoms with Gasteiger partial charge in [-0.15, -0.1) is 0 Å². The predicted octanol–water partition coefficient (Wildman–Crippen LogP) is 1.06. The molecule has 5 nitrogen and oxygen atoms in total. The molecule has 1 aromatic carbocycles. The molecule has 0 aromatic heterocycles. The van der Waals surface area contributed by atoms with Crippen molar-refractivity contribution in [3.05, 3.63) is 35.9 Å². The quantitative estimate of drug-likeness (QED) is 0.703. The molecule has 5 heteroatoms. The van der Waals surface area contributed by atoms with Gasteiger partial charge in [-0.2, -0.15) is 0 Å². The Balaban J connectivity index is 2.46. The second kappa shape index (κ2) is 6.76.